The number of aromatic nitrogens is 1. The van der Waals surface area contributed by atoms with Crippen molar-refractivity contribution in [3.63, 3.8) is 0 Å². The molecule has 1 aromatic heterocycles. The second-order valence-electron chi connectivity index (χ2n) is 7.84. The smallest absolute Gasteiger partial charge is 0.277 e. The number of unbranched alkanes of at least 4 members (excludes halogenated alkanes) is 1. The standard InChI is InChI=1S/C25H31N3O2/c1-5-7-15-28-24(29)22(21-9-8-18(3)17-19(21)4)23(25(28)30)27(6-2)16-12-20-10-13-26-14-11-20/h8-11,13-14,17H,5-7,12,15-16H2,1-4H3. The Bertz CT molecular complexity index is 950. The number of pyridine rings is 1. The maximum absolute atomic E-state index is 13.4. The van der Waals surface area contributed by atoms with Crippen molar-refractivity contribution in [2.45, 2.75) is 47.0 Å². The number of amides is 2. The summed E-state index contributed by atoms with van der Waals surface area (Å²) in [4.78, 5) is 34.3. The van der Waals surface area contributed by atoms with Crippen molar-refractivity contribution in [2.75, 3.05) is 19.6 Å². The topological polar surface area (TPSA) is 53.5 Å². The van der Waals surface area contributed by atoms with E-state index in [1.54, 1.807) is 12.4 Å². The number of hydrogen-bond acceptors (Lipinski definition) is 4. The molecule has 0 radical (unpaired) electrons. The van der Waals surface area contributed by atoms with E-state index in [0.717, 1.165) is 41.5 Å². The Labute approximate surface area is 179 Å². The Morgan fingerprint density at radius 2 is 1.73 bits per heavy atom. The Morgan fingerprint density at radius 3 is 2.37 bits per heavy atom. The Hall–Kier alpha value is -2.95. The fourth-order valence-electron chi connectivity index (χ4n) is 3.95. The minimum absolute atomic E-state index is 0.167. The maximum Gasteiger partial charge on any atom is 0.277 e. The highest BCUT2D eigenvalue weighted by molar-refractivity contribution is 6.35. The van der Waals surface area contributed by atoms with E-state index in [-0.39, 0.29) is 11.8 Å². The normalized spacial score (nSPS) is 14.1. The van der Waals surface area contributed by atoms with Gasteiger partial charge in [-0.15, -0.1) is 0 Å². The van der Waals surface area contributed by atoms with Gasteiger partial charge in [0.25, 0.3) is 11.8 Å². The first-order valence-corrected chi connectivity index (χ1v) is 10.8. The van der Waals surface area contributed by atoms with Gasteiger partial charge in [-0.3, -0.25) is 19.5 Å². The molecule has 0 saturated carbocycles. The van der Waals surface area contributed by atoms with E-state index in [2.05, 4.69) is 22.9 Å². The molecule has 1 aliphatic rings. The maximum atomic E-state index is 13.4. The number of imide groups is 1. The molecule has 158 valence electrons. The molecule has 0 bridgehead atoms. The fourth-order valence-corrected chi connectivity index (χ4v) is 3.95. The van der Waals surface area contributed by atoms with Crippen molar-refractivity contribution < 1.29 is 9.59 Å². The molecule has 0 aliphatic carbocycles. The number of likely N-dealkylation sites (N-methyl/N-ethyl adjacent to an activating group) is 1. The summed E-state index contributed by atoms with van der Waals surface area (Å²) in [6.07, 6.45) is 6.10. The number of rotatable bonds is 9. The van der Waals surface area contributed by atoms with Crippen LogP contribution in [0.15, 0.2) is 48.4 Å². The first-order chi connectivity index (χ1) is 14.5. The lowest BCUT2D eigenvalue weighted by Crippen LogP contribution is -2.36. The third-order valence-electron chi connectivity index (χ3n) is 5.65. The number of benzene rings is 1. The number of carbonyl (C=O) groups excluding carboxylic acids is 2. The van der Waals surface area contributed by atoms with Crippen LogP contribution in [0.4, 0.5) is 0 Å². The molecule has 3 rings (SSSR count). The molecule has 30 heavy (non-hydrogen) atoms. The van der Waals surface area contributed by atoms with Crippen molar-refractivity contribution >= 4 is 17.4 Å². The van der Waals surface area contributed by atoms with E-state index < -0.39 is 0 Å². The van der Waals surface area contributed by atoms with Gasteiger partial charge in [-0.25, -0.2) is 0 Å². The number of carbonyl (C=O) groups is 2. The first kappa shape index (κ1) is 21.8. The quantitative estimate of drug-likeness (QED) is 0.588. The van der Waals surface area contributed by atoms with E-state index in [0.29, 0.717) is 30.9 Å². The molecule has 0 unspecified atom stereocenters. The molecular formula is C25H31N3O2. The van der Waals surface area contributed by atoms with E-state index in [4.69, 9.17) is 0 Å². The Morgan fingerprint density at radius 1 is 1.00 bits per heavy atom. The zero-order valence-corrected chi connectivity index (χ0v) is 18.4. The highest BCUT2D eigenvalue weighted by atomic mass is 16.2. The van der Waals surface area contributed by atoms with Gasteiger partial charge in [0.2, 0.25) is 0 Å². The van der Waals surface area contributed by atoms with Crippen LogP contribution in [0.3, 0.4) is 0 Å². The molecule has 5 nitrogen and oxygen atoms in total. The molecule has 5 heteroatoms. The van der Waals surface area contributed by atoms with Crippen molar-refractivity contribution in [3.05, 3.63) is 70.7 Å². The Balaban J connectivity index is 2.01. The summed E-state index contributed by atoms with van der Waals surface area (Å²) >= 11 is 0. The van der Waals surface area contributed by atoms with Crippen LogP contribution in [-0.2, 0) is 16.0 Å². The number of aryl methyl sites for hydroxylation is 2. The monoisotopic (exact) mass is 405 g/mol. The van der Waals surface area contributed by atoms with Gasteiger partial charge in [-0.05, 0) is 62.4 Å². The summed E-state index contributed by atoms with van der Waals surface area (Å²) in [5.74, 6) is -0.335. The second kappa shape index (κ2) is 9.70. The van der Waals surface area contributed by atoms with Gasteiger partial charge in [-0.2, -0.15) is 0 Å². The average molecular weight is 406 g/mol. The number of nitrogens with zero attached hydrogens (tertiary/aromatic N) is 3. The average Bonchev–Trinajstić information content (AvgIpc) is 2.98. The van der Waals surface area contributed by atoms with E-state index >= 15 is 0 Å². The third-order valence-corrected chi connectivity index (χ3v) is 5.65. The van der Waals surface area contributed by atoms with Crippen LogP contribution in [0.1, 0.15) is 48.9 Å². The molecule has 0 spiro atoms. The molecule has 2 heterocycles. The SMILES string of the molecule is CCCCN1C(=O)C(c2ccc(C)cc2C)=C(N(CC)CCc2ccncc2)C1=O. The lowest BCUT2D eigenvalue weighted by atomic mass is 9.97. The van der Waals surface area contributed by atoms with Gasteiger partial charge in [-0.1, -0.05) is 37.1 Å². The minimum Gasteiger partial charge on any atom is -0.366 e. The highest BCUT2D eigenvalue weighted by Gasteiger charge is 2.41. The largest absolute Gasteiger partial charge is 0.366 e. The van der Waals surface area contributed by atoms with Crippen LogP contribution in [0.5, 0.6) is 0 Å². The van der Waals surface area contributed by atoms with Gasteiger partial charge < -0.3 is 4.90 Å². The molecule has 0 N–H and O–H groups in total. The van der Waals surface area contributed by atoms with Gasteiger partial charge in [0.1, 0.15) is 5.70 Å². The minimum atomic E-state index is -0.169. The zero-order chi connectivity index (χ0) is 21.7. The summed E-state index contributed by atoms with van der Waals surface area (Å²) in [7, 11) is 0. The Kier molecular flexibility index (Phi) is 7.03. The predicted octanol–water partition coefficient (Wildman–Crippen LogP) is 4.14. The van der Waals surface area contributed by atoms with Crippen molar-refractivity contribution in [1.29, 1.82) is 0 Å². The van der Waals surface area contributed by atoms with E-state index in [1.807, 2.05) is 45.0 Å². The van der Waals surface area contributed by atoms with E-state index in [1.165, 1.54) is 4.90 Å². The van der Waals surface area contributed by atoms with E-state index in [9.17, 15) is 9.59 Å². The van der Waals surface area contributed by atoms with Gasteiger partial charge in [0, 0.05) is 32.0 Å². The highest BCUT2D eigenvalue weighted by Crippen LogP contribution is 2.33. The van der Waals surface area contributed by atoms with Gasteiger partial charge >= 0.3 is 0 Å². The molecule has 1 aromatic carbocycles. The molecule has 1 aliphatic heterocycles. The molecule has 0 atom stereocenters. The van der Waals surface area contributed by atoms with Crippen molar-refractivity contribution in [2.24, 2.45) is 0 Å². The summed E-state index contributed by atoms with van der Waals surface area (Å²) < 4.78 is 0. The first-order valence-electron chi connectivity index (χ1n) is 10.8. The summed E-state index contributed by atoms with van der Waals surface area (Å²) in [6.45, 7) is 9.94. The molecule has 2 amide bonds. The third kappa shape index (κ3) is 4.45. The van der Waals surface area contributed by atoms with Gasteiger partial charge in [0.05, 0.1) is 5.57 Å². The van der Waals surface area contributed by atoms with Crippen LogP contribution in [0.2, 0.25) is 0 Å². The van der Waals surface area contributed by atoms with Crippen molar-refractivity contribution in [3.8, 4) is 0 Å². The zero-order valence-electron chi connectivity index (χ0n) is 18.4. The van der Waals surface area contributed by atoms with Crippen LogP contribution in [-0.4, -0.2) is 46.2 Å². The fraction of sp³-hybridized carbons (Fsp3) is 0.400. The van der Waals surface area contributed by atoms with Gasteiger partial charge in [0.15, 0.2) is 0 Å². The molecular weight excluding hydrogens is 374 g/mol. The van der Waals surface area contributed by atoms with Crippen LogP contribution in [0, 0.1) is 13.8 Å². The second-order valence-corrected chi connectivity index (χ2v) is 7.84. The summed E-state index contributed by atoms with van der Waals surface area (Å²) in [5.41, 5.74) is 5.27. The number of hydrogen-bond donors (Lipinski definition) is 0. The summed E-state index contributed by atoms with van der Waals surface area (Å²) in [6, 6.07) is 10.0. The van der Waals surface area contributed by atoms with Crippen LogP contribution in [0.25, 0.3) is 5.57 Å². The van der Waals surface area contributed by atoms with Crippen molar-refractivity contribution in [1.82, 2.24) is 14.8 Å². The predicted molar refractivity (Wildman–Crippen MR) is 120 cm³/mol. The van der Waals surface area contributed by atoms with Crippen LogP contribution >= 0.6 is 0 Å². The molecule has 0 fully saturated rings. The van der Waals surface area contributed by atoms with Crippen LogP contribution < -0.4 is 0 Å². The summed E-state index contributed by atoms with van der Waals surface area (Å²) in [5, 5.41) is 0. The molecule has 0 saturated heterocycles. The lowest BCUT2D eigenvalue weighted by molar-refractivity contribution is -0.137. The lowest BCUT2D eigenvalue weighted by Gasteiger charge is -2.25. The molecule has 2 aromatic rings.